The zero-order valence-electron chi connectivity index (χ0n) is 9.57. The molecule has 0 unspecified atom stereocenters. The molecule has 0 bridgehead atoms. The van der Waals surface area contributed by atoms with E-state index in [0.29, 0.717) is 4.47 Å². The molecule has 0 saturated carbocycles. The molecule has 102 valence electrons. The lowest BCUT2D eigenvalue weighted by molar-refractivity contribution is -0.137. The average molecular weight is 337 g/mol. The zero-order chi connectivity index (χ0) is 14.2. The summed E-state index contributed by atoms with van der Waals surface area (Å²) in [7, 11) is 0. The number of aliphatic hydroxyl groups is 1. The van der Waals surface area contributed by atoms with Crippen LogP contribution in [-0.4, -0.2) is 15.2 Å². The van der Waals surface area contributed by atoms with Crippen molar-refractivity contribution in [3.63, 3.8) is 0 Å². The number of aliphatic hydroxyl groups excluding tert-OH is 1. The van der Waals surface area contributed by atoms with Crippen molar-refractivity contribution >= 4 is 15.9 Å². The predicted octanol–water partition coefficient (Wildman–Crippen LogP) is 3.57. The summed E-state index contributed by atoms with van der Waals surface area (Å²) in [6, 6.07) is 3.63. The molecule has 0 fully saturated rings. The number of alkyl halides is 3. The highest BCUT2D eigenvalue weighted by atomic mass is 79.9. The molecule has 8 heteroatoms. The third-order valence-corrected chi connectivity index (χ3v) is 2.82. The highest BCUT2D eigenvalue weighted by molar-refractivity contribution is 9.10. The topological polar surface area (TPSA) is 59.2 Å². The number of aromatic nitrogens is 2. The maximum atomic E-state index is 12.9. The Balaban J connectivity index is 2.55. The van der Waals surface area contributed by atoms with E-state index in [9.17, 15) is 18.3 Å². The van der Waals surface area contributed by atoms with Crippen molar-refractivity contribution in [3.8, 4) is 11.4 Å². The number of nitrogens with zero attached hydrogens (tertiary/aromatic N) is 2. The van der Waals surface area contributed by atoms with Crippen LogP contribution in [0, 0.1) is 0 Å². The molecule has 0 amide bonds. The Labute approximate surface area is 114 Å². The average Bonchev–Trinajstić information content (AvgIpc) is 2.77. The number of hydrogen-bond acceptors (Lipinski definition) is 4. The van der Waals surface area contributed by atoms with Gasteiger partial charge in [0.05, 0.1) is 5.56 Å². The molecule has 0 aliphatic carbocycles. The lowest BCUT2D eigenvalue weighted by Crippen LogP contribution is -2.07. The van der Waals surface area contributed by atoms with Gasteiger partial charge in [0.15, 0.2) is 0 Å². The lowest BCUT2D eigenvalue weighted by Gasteiger charge is -2.10. The van der Waals surface area contributed by atoms with Crippen LogP contribution in [0.15, 0.2) is 27.2 Å². The molecule has 1 aromatic carbocycles. The molecule has 4 nitrogen and oxygen atoms in total. The summed E-state index contributed by atoms with van der Waals surface area (Å²) >= 11 is 2.99. The smallest absolute Gasteiger partial charge is 0.384 e. The Bertz CT molecular complexity index is 596. The maximum Gasteiger partial charge on any atom is 0.417 e. The normalized spacial score (nSPS) is 13.6. The first kappa shape index (κ1) is 14.0. The van der Waals surface area contributed by atoms with Gasteiger partial charge in [0.1, 0.15) is 6.10 Å². The van der Waals surface area contributed by atoms with Gasteiger partial charge in [0.25, 0.3) is 5.89 Å². The van der Waals surface area contributed by atoms with Crippen LogP contribution in [0.5, 0.6) is 0 Å². The standard InChI is InChI=1S/C11H8BrF3N2O2/c1-5(18)10-16-9(17-19-10)7-3-2-6(12)4-8(7)11(13,14)15/h2-5,18H,1H3/t5-/m0/s1. The molecule has 1 aromatic heterocycles. The number of benzene rings is 1. The maximum absolute atomic E-state index is 12.9. The number of hydrogen-bond donors (Lipinski definition) is 1. The summed E-state index contributed by atoms with van der Waals surface area (Å²) in [5, 5.41) is 12.7. The van der Waals surface area contributed by atoms with E-state index in [1.807, 2.05) is 0 Å². The van der Waals surface area contributed by atoms with Crippen LogP contribution in [0.1, 0.15) is 24.5 Å². The predicted molar refractivity (Wildman–Crippen MR) is 63.1 cm³/mol. The van der Waals surface area contributed by atoms with Gasteiger partial charge in [-0.1, -0.05) is 21.1 Å². The molecular weight excluding hydrogens is 329 g/mol. The highest BCUT2D eigenvalue weighted by Crippen LogP contribution is 2.37. The minimum absolute atomic E-state index is 0.133. The second-order valence-corrected chi connectivity index (χ2v) is 4.74. The van der Waals surface area contributed by atoms with Crippen LogP contribution in [0.2, 0.25) is 0 Å². The van der Waals surface area contributed by atoms with Crippen LogP contribution < -0.4 is 0 Å². The van der Waals surface area contributed by atoms with Gasteiger partial charge in [0.2, 0.25) is 5.82 Å². The molecule has 19 heavy (non-hydrogen) atoms. The first-order valence-corrected chi connectivity index (χ1v) is 5.97. The van der Waals surface area contributed by atoms with Crippen LogP contribution in [0.4, 0.5) is 13.2 Å². The van der Waals surface area contributed by atoms with E-state index in [1.165, 1.54) is 19.1 Å². The van der Waals surface area contributed by atoms with Crippen molar-refractivity contribution in [2.75, 3.05) is 0 Å². The molecule has 1 heterocycles. The molecule has 0 aliphatic rings. The third kappa shape index (κ3) is 2.95. The minimum Gasteiger partial charge on any atom is -0.384 e. The summed E-state index contributed by atoms with van der Waals surface area (Å²) in [5.74, 6) is -0.346. The molecule has 1 atom stereocenters. The fourth-order valence-corrected chi connectivity index (χ4v) is 1.82. The Morgan fingerprint density at radius 1 is 1.37 bits per heavy atom. The number of halogens is 4. The van der Waals surface area contributed by atoms with Gasteiger partial charge in [-0.2, -0.15) is 18.2 Å². The molecule has 2 aromatic rings. The van der Waals surface area contributed by atoms with E-state index in [0.717, 1.165) is 6.07 Å². The first-order chi connectivity index (χ1) is 8.79. The molecule has 0 saturated heterocycles. The SMILES string of the molecule is C[C@H](O)c1nc(-c2ccc(Br)cc2C(F)(F)F)no1. The van der Waals surface area contributed by atoms with Crippen molar-refractivity contribution in [3.05, 3.63) is 34.1 Å². The molecule has 2 rings (SSSR count). The fourth-order valence-electron chi connectivity index (χ4n) is 1.46. The summed E-state index contributed by atoms with van der Waals surface area (Å²) in [4.78, 5) is 3.74. The quantitative estimate of drug-likeness (QED) is 0.910. The van der Waals surface area contributed by atoms with Crippen molar-refractivity contribution in [1.82, 2.24) is 10.1 Å². The van der Waals surface area contributed by atoms with Crippen molar-refractivity contribution < 1.29 is 22.8 Å². The molecular formula is C11H8BrF3N2O2. The van der Waals surface area contributed by atoms with E-state index < -0.39 is 17.8 Å². The Morgan fingerprint density at radius 2 is 2.05 bits per heavy atom. The zero-order valence-corrected chi connectivity index (χ0v) is 11.2. The first-order valence-electron chi connectivity index (χ1n) is 5.18. The van der Waals surface area contributed by atoms with E-state index in [1.54, 1.807) is 0 Å². The van der Waals surface area contributed by atoms with Gasteiger partial charge >= 0.3 is 6.18 Å². The van der Waals surface area contributed by atoms with Crippen LogP contribution in [0.25, 0.3) is 11.4 Å². The molecule has 1 N–H and O–H groups in total. The van der Waals surface area contributed by atoms with E-state index in [4.69, 9.17) is 0 Å². The molecule has 0 spiro atoms. The van der Waals surface area contributed by atoms with E-state index in [-0.39, 0.29) is 17.3 Å². The van der Waals surface area contributed by atoms with Crippen LogP contribution >= 0.6 is 15.9 Å². The monoisotopic (exact) mass is 336 g/mol. The van der Waals surface area contributed by atoms with Gasteiger partial charge < -0.3 is 9.63 Å². The van der Waals surface area contributed by atoms with Gasteiger partial charge in [-0.25, -0.2) is 0 Å². The molecule has 0 aliphatic heterocycles. The Morgan fingerprint density at radius 3 is 2.58 bits per heavy atom. The third-order valence-electron chi connectivity index (χ3n) is 2.33. The summed E-state index contributed by atoms with van der Waals surface area (Å²) in [6.45, 7) is 1.38. The largest absolute Gasteiger partial charge is 0.417 e. The summed E-state index contributed by atoms with van der Waals surface area (Å²) < 4.78 is 43.8. The van der Waals surface area contributed by atoms with Crippen LogP contribution in [0.3, 0.4) is 0 Å². The Kier molecular flexibility index (Phi) is 3.64. The summed E-state index contributed by atoms with van der Waals surface area (Å²) in [5.41, 5.74) is -1.08. The number of rotatable bonds is 2. The second-order valence-electron chi connectivity index (χ2n) is 3.82. The van der Waals surface area contributed by atoms with Crippen molar-refractivity contribution in [1.29, 1.82) is 0 Å². The van der Waals surface area contributed by atoms with Crippen molar-refractivity contribution in [2.24, 2.45) is 0 Å². The van der Waals surface area contributed by atoms with Crippen LogP contribution in [-0.2, 0) is 6.18 Å². The van der Waals surface area contributed by atoms with E-state index in [2.05, 4.69) is 30.6 Å². The van der Waals surface area contributed by atoms with Crippen molar-refractivity contribution in [2.45, 2.75) is 19.2 Å². The second kappa shape index (κ2) is 4.93. The lowest BCUT2D eigenvalue weighted by atomic mass is 10.1. The minimum atomic E-state index is -4.54. The fraction of sp³-hybridized carbons (Fsp3) is 0.273. The molecule has 0 radical (unpaired) electrons. The van der Waals surface area contributed by atoms with Gasteiger partial charge in [-0.05, 0) is 25.1 Å². The summed E-state index contributed by atoms with van der Waals surface area (Å²) in [6.07, 6.45) is -5.57. The van der Waals surface area contributed by atoms with Gasteiger partial charge in [0, 0.05) is 10.0 Å². The Hall–Kier alpha value is -1.41. The van der Waals surface area contributed by atoms with E-state index >= 15 is 0 Å². The van der Waals surface area contributed by atoms with Gasteiger partial charge in [-0.3, -0.25) is 0 Å². The highest BCUT2D eigenvalue weighted by Gasteiger charge is 2.35. The van der Waals surface area contributed by atoms with Gasteiger partial charge in [-0.15, -0.1) is 0 Å².